The van der Waals surface area contributed by atoms with Crippen molar-refractivity contribution in [2.45, 2.75) is 25.9 Å². The van der Waals surface area contributed by atoms with Crippen LogP contribution in [0.2, 0.25) is 0 Å². The number of carbonyl (C=O) groups is 2. The third-order valence-corrected chi connectivity index (χ3v) is 4.64. The molecule has 2 aromatic carbocycles. The van der Waals surface area contributed by atoms with Crippen LogP contribution in [0.3, 0.4) is 0 Å². The second-order valence-corrected chi connectivity index (χ2v) is 6.96. The predicted molar refractivity (Wildman–Crippen MR) is 113 cm³/mol. The molecule has 7 nitrogen and oxygen atoms in total. The van der Waals surface area contributed by atoms with Crippen LogP contribution < -0.4 is 10.1 Å². The molecule has 1 N–H and O–H groups in total. The molecule has 7 heteroatoms. The number of amides is 1. The summed E-state index contributed by atoms with van der Waals surface area (Å²) < 4.78 is 11.6. The van der Waals surface area contributed by atoms with Gasteiger partial charge in [-0.15, -0.1) is 0 Å². The van der Waals surface area contributed by atoms with Gasteiger partial charge in [0.05, 0.1) is 32.7 Å². The molecule has 0 radical (unpaired) electrons. The number of hydrogen-bond acceptors (Lipinski definition) is 5. The standard InChI is InChI=1S/C23H25N3O4/c1-16(13-21(27)30-3)24-23(28)20-15-26(14-17-7-5-4-6-8-17)25-22(20)18-9-11-19(29-2)12-10-18/h4-12,15-16H,13-14H2,1-3H3,(H,24,28). The Hall–Kier alpha value is -3.61. The van der Waals surface area contributed by atoms with E-state index < -0.39 is 0 Å². The Bertz CT molecular complexity index is 997. The summed E-state index contributed by atoms with van der Waals surface area (Å²) in [7, 11) is 2.93. The number of benzene rings is 2. The van der Waals surface area contributed by atoms with Crippen LogP contribution in [0.25, 0.3) is 11.3 Å². The van der Waals surface area contributed by atoms with Crippen LogP contribution in [-0.2, 0) is 16.1 Å². The lowest BCUT2D eigenvalue weighted by Gasteiger charge is -2.12. The summed E-state index contributed by atoms with van der Waals surface area (Å²) >= 11 is 0. The molecule has 1 heterocycles. The highest BCUT2D eigenvalue weighted by Gasteiger charge is 2.21. The fourth-order valence-corrected chi connectivity index (χ4v) is 3.09. The van der Waals surface area contributed by atoms with Gasteiger partial charge in [-0.3, -0.25) is 14.3 Å². The van der Waals surface area contributed by atoms with Gasteiger partial charge >= 0.3 is 5.97 Å². The molecule has 30 heavy (non-hydrogen) atoms. The third-order valence-electron chi connectivity index (χ3n) is 4.64. The summed E-state index contributed by atoms with van der Waals surface area (Å²) in [5.41, 5.74) is 2.88. The van der Waals surface area contributed by atoms with E-state index in [1.807, 2.05) is 54.6 Å². The number of aromatic nitrogens is 2. The maximum Gasteiger partial charge on any atom is 0.307 e. The van der Waals surface area contributed by atoms with Gasteiger partial charge in [-0.05, 0) is 36.8 Å². The van der Waals surface area contributed by atoms with Gasteiger partial charge in [0.2, 0.25) is 0 Å². The van der Waals surface area contributed by atoms with Gasteiger partial charge in [0.25, 0.3) is 5.91 Å². The maximum atomic E-state index is 13.0. The molecule has 3 rings (SSSR count). The van der Waals surface area contributed by atoms with E-state index in [0.717, 1.165) is 16.9 Å². The van der Waals surface area contributed by atoms with E-state index >= 15 is 0 Å². The Morgan fingerprint density at radius 1 is 1.07 bits per heavy atom. The number of nitrogens with zero attached hydrogens (tertiary/aromatic N) is 2. The van der Waals surface area contributed by atoms with Crippen molar-refractivity contribution in [2.75, 3.05) is 14.2 Å². The number of esters is 1. The molecule has 0 saturated carbocycles. The van der Waals surface area contributed by atoms with Crippen LogP contribution in [0.4, 0.5) is 0 Å². The molecule has 156 valence electrons. The van der Waals surface area contributed by atoms with Crippen LogP contribution in [0.5, 0.6) is 5.75 Å². The molecule has 0 spiro atoms. The molecule has 0 fully saturated rings. The van der Waals surface area contributed by atoms with Crippen molar-refractivity contribution >= 4 is 11.9 Å². The lowest BCUT2D eigenvalue weighted by molar-refractivity contribution is -0.141. The number of nitrogens with one attached hydrogen (secondary N) is 1. The van der Waals surface area contributed by atoms with E-state index in [9.17, 15) is 9.59 Å². The molecule has 1 unspecified atom stereocenters. The number of hydrogen-bond donors (Lipinski definition) is 1. The highest BCUT2D eigenvalue weighted by molar-refractivity contribution is 6.00. The summed E-state index contributed by atoms with van der Waals surface area (Å²) in [6, 6.07) is 16.9. The first-order valence-electron chi connectivity index (χ1n) is 9.63. The fourth-order valence-electron chi connectivity index (χ4n) is 3.09. The van der Waals surface area contributed by atoms with Crippen LogP contribution >= 0.6 is 0 Å². The third kappa shape index (κ3) is 5.26. The maximum absolute atomic E-state index is 13.0. The molecule has 1 aromatic heterocycles. The summed E-state index contributed by atoms with van der Waals surface area (Å²) in [5.74, 6) is 0.0506. The average molecular weight is 407 g/mol. The van der Waals surface area contributed by atoms with Crippen molar-refractivity contribution < 1.29 is 19.1 Å². The van der Waals surface area contributed by atoms with E-state index in [1.54, 1.807) is 24.9 Å². The summed E-state index contributed by atoms with van der Waals surface area (Å²) in [6.45, 7) is 2.30. The van der Waals surface area contributed by atoms with E-state index in [1.165, 1.54) is 7.11 Å². The topological polar surface area (TPSA) is 82.5 Å². The van der Waals surface area contributed by atoms with Gasteiger partial charge in [0.1, 0.15) is 11.4 Å². The van der Waals surface area contributed by atoms with Gasteiger partial charge in [0, 0.05) is 17.8 Å². The Kier molecular flexibility index (Phi) is 6.85. The normalized spacial score (nSPS) is 11.6. The minimum Gasteiger partial charge on any atom is -0.497 e. The zero-order valence-corrected chi connectivity index (χ0v) is 17.3. The minimum atomic E-state index is -0.377. The monoisotopic (exact) mass is 407 g/mol. The fraction of sp³-hybridized carbons (Fsp3) is 0.261. The van der Waals surface area contributed by atoms with Gasteiger partial charge in [-0.1, -0.05) is 30.3 Å². The summed E-state index contributed by atoms with van der Waals surface area (Å²) in [5, 5.41) is 7.51. The number of methoxy groups -OCH3 is 2. The molecule has 0 saturated heterocycles. The van der Waals surface area contributed by atoms with Crippen LogP contribution in [0.1, 0.15) is 29.3 Å². The van der Waals surface area contributed by atoms with Gasteiger partial charge < -0.3 is 14.8 Å². The largest absolute Gasteiger partial charge is 0.497 e. The van der Waals surface area contributed by atoms with Crippen molar-refractivity contribution in [3.05, 3.63) is 71.9 Å². The van der Waals surface area contributed by atoms with Crippen LogP contribution in [0.15, 0.2) is 60.8 Å². The van der Waals surface area contributed by atoms with Gasteiger partial charge in [-0.2, -0.15) is 5.10 Å². The lowest BCUT2D eigenvalue weighted by Crippen LogP contribution is -2.34. The Labute approximate surface area is 175 Å². The smallest absolute Gasteiger partial charge is 0.307 e. The van der Waals surface area contributed by atoms with Gasteiger partial charge in [0.15, 0.2) is 0 Å². The predicted octanol–water partition coefficient (Wildman–Crippen LogP) is 3.29. The average Bonchev–Trinajstić information content (AvgIpc) is 3.18. The van der Waals surface area contributed by atoms with Crippen molar-refractivity contribution in [3.63, 3.8) is 0 Å². The molecule has 0 aliphatic carbocycles. The molecule has 0 aliphatic heterocycles. The molecule has 1 atom stereocenters. The quantitative estimate of drug-likeness (QED) is 0.580. The number of ether oxygens (including phenoxy) is 2. The van der Waals surface area contributed by atoms with Crippen molar-refractivity contribution in [1.29, 1.82) is 0 Å². The highest BCUT2D eigenvalue weighted by Crippen LogP contribution is 2.25. The van der Waals surface area contributed by atoms with E-state index in [4.69, 9.17) is 4.74 Å². The van der Waals surface area contributed by atoms with Gasteiger partial charge in [-0.25, -0.2) is 0 Å². The van der Waals surface area contributed by atoms with E-state index in [-0.39, 0.29) is 24.3 Å². The summed E-state index contributed by atoms with van der Waals surface area (Å²) in [4.78, 5) is 24.5. The number of carbonyl (C=O) groups excluding carboxylic acids is 2. The summed E-state index contributed by atoms with van der Waals surface area (Å²) in [6.07, 6.45) is 1.82. The van der Waals surface area contributed by atoms with E-state index in [0.29, 0.717) is 17.8 Å². The zero-order chi connectivity index (χ0) is 21.5. The molecule has 3 aromatic rings. The Balaban J connectivity index is 1.90. The highest BCUT2D eigenvalue weighted by atomic mass is 16.5. The second kappa shape index (κ2) is 9.73. The first-order valence-corrected chi connectivity index (χ1v) is 9.63. The SMILES string of the molecule is COC(=O)CC(C)NC(=O)c1cn(Cc2ccccc2)nc1-c1ccc(OC)cc1. The molecule has 0 aliphatic rings. The molecule has 1 amide bonds. The van der Waals surface area contributed by atoms with E-state index in [2.05, 4.69) is 15.2 Å². The molecular formula is C23H25N3O4. The minimum absolute atomic E-state index is 0.0955. The first-order chi connectivity index (χ1) is 14.5. The first kappa shape index (κ1) is 21.1. The number of rotatable bonds is 8. The zero-order valence-electron chi connectivity index (χ0n) is 17.3. The van der Waals surface area contributed by atoms with Crippen molar-refractivity contribution in [1.82, 2.24) is 15.1 Å². The van der Waals surface area contributed by atoms with Crippen LogP contribution in [-0.4, -0.2) is 41.9 Å². The van der Waals surface area contributed by atoms with Crippen LogP contribution in [0, 0.1) is 0 Å². The lowest BCUT2D eigenvalue weighted by atomic mass is 10.1. The van der Waals surface area contributed by atoms with Crippen molar-refractivity contribution in [2.24, 2.45) is 0 Å². The van der Waals surface area contributed by atoms with Crippen molar-refractivity contribution in [3.8, 4) is 17.0 Å². The Morgan fingerprint density at radius 2 is 1.77 bits per heavy atom. The molecule has 0 bridgehead atoms. The Morgan fingerprint density at radius 3 is 2.40 bits per heavy atom. The molecular weight excluding hydrogens is 382 g/mol. The second-order valence-electron chi connectivity index (χ2n) is 6.96.